The maximum atomic E-state index is 12.0. The molecule has 0 bridgehead atoms. The summed E-state index contributed by atoms with van der Waals surface area (Å²) in [5.41, 5.74) is -0.0686. The van der Waals surface area contributed by atoms with E-state index in [0.717, 1.165) is 6.07 Å². The Kier molecular flexibility index (Phi) is 6.54. The Morgan fingerprint density at radius 3 is 2.58 bits per heavy atom. The number of amides is 1. The third-order valence-corrected chi connectivity index (χ3v) is 4.04. The summed E-state index contributed by atoms with van der Waals surface area (Å²) in [6.45, 7) is 1.14. The number of carbonyl (C=O) groups excluding carboxylic acids is 2. The number of esters is 1. The van der Waals surface area contributed by atoms with Crippen LogP contribution in [0.5, 0.6) is 0 Å². The molecule has 2 aromatic rings. The number of nitro groups is 1. The molecule has 2 aromatic carbocycles. The van der Waals surface area contributed by atoms with Crippen LogP contribution in [0.4, 0.5) is 5.69 Å². The van der Waals surface area contributed by atoms with Gasteiger partial charge in [-0.15, -0.1) is 0 Å². The summed E-state index contributed by atoms with van der Waals surface area (Å²) in [7, 11) is 0. The van der Waals surface area contributed by atoms with Crippen molar-refractivity contribution >= 4 is 40.8 Å². The number of hydrogen-bond acceptors (Lipinski definition) is 5. The summed E-state index contributed by atoms with van der Waals surface area (Å²) < 4.78 is 4.86. The Hall–Kier alpha value is -2.64. The first-order valence-corrected chi connectivity index (χ1v) is 8.20. The lowest BCUT2D eigenvalue weighted by atomic mass is 10.1. The minimum absolute atomic E-state index is 0.111. The van der Waals surface area contributed by atoms with Gasteiger partial charge in [-0.25, -0.2) is 4.79 Å². The quantitative estimate of drug-likeness (QED) is 0.452. The van der Waals surface area contributed by atoms with Crippen LogP contribution < -0.4 is 5.32 Å². The number of ether oxygens (including phenoxy) is 1. The Labute approximate surface area is 159 Å². The monoisotopic (exact) mass is 396 g/mol. The van der Waals surface area contributed by atoms with E-state index in [0.29, 0.717) is 10.6 Å². The van der Waals surface area contributed by atoms with Crippen LogP contribution in [-0.4, -0.2) is 23.4 Å². The Bertz CT molecular complexity index is 857. The van der Waals surface area contributed by atoms with Crippen LogP contribution >= 0.6 is 23.2 Å². The van der Waals surface area contributed by atoms with Gasteiger partial charge in [0, 0.05) is 16.1 Å². The Morgan fingerprint density at radius 1 is 1.23 bits per heavy atom. The van der Waals surface area contributed by atoms with E-state index >= 15 is 0 Å². The number of nitrogens with zero attached hydrogens (tertiary/aromatic N) is 1. The number of nitro benzene ring substituents is 1. The maximum absolute atomic E-state index is 12.0. The van der Waals surface area contributed by atoms with Crippen molar-refractivity contribution in [3.8, 4) is 0 Å². The van der Waals surface area contributed by atoms with Crippen molar-refractivity contribution in [1.82, 2.24) is 5.32 Å². The van der Waals surface area contributed by atoms with Gasteiger partial charge in [-0.2, -0.15) is 0 Å². The molecule has 0 spiro atoms. The average molecular weight is 397 g/mol. The van der Waals surface area contributed by atoms with E-state index in [-0.39, 0.29) is 10.6 Å². The van der Waals surface area contributed by atoms with Gasteiger partial charge in [0.25, 0.3) is 11.6 Å². The van der Waals surface area contributed by atoms with Crippen molar-refractivity contribution in [3.63, 3.8) is 0 Å². The van der Waals surface area contributed by atoms with Crippen molar-refractivity contribution in [2.24, 2.45) is 0 Å². The summed E-state index contributed by atoms with van der Waals surface area (Å²) in [5, 5.41) is 14.2. The lowest BCUT2D eigenvalue weighted by Crippen LogP contribution is -2.31. The number of carbonyl (C=O) groups is 2. The molecule has 7 nitrogen and oxygen atoms in total. The van der Waals surface area contributed by atoms with Crippen molar-refractivity contribution in [2.75, 3.05) is 6.61 Å². The predicted octanol–water partition coefficient (Wildman–Crippen LogP) is 3.94. The zero-order valence-corrected chi connectivity index (χ0v) is 15.1. The third kappa shape index (κ3) is 4.93. The highest BCUT2D eigenvalue weighted by Gasteiger charge is 2.23. The van der Waals surface area contributed by atoms with Crippen LogP contribution in [0.3, 0.4) is 0 Å². The molecule has 0 unspecified atom stereocenters. The van der Waals surface area contributed by atoms with E-state index in [1.807, 2.05) is 0 Å². The Morgan fingerprint density at radius 2 is 1.92 bits per heavy atom. The predicted molar refractivity (Wildman–Crippen MR) is 96.4 cm³/mol. The molecule has 0 aliphatic carbocycles. The average Bonchev–Trinajstić information content (AvgIpc) is 2.59. The second kappa shape index (κ2) is 8.64. The highest BCUT2D eigenvalue weighted by atomic mass is 35.5. The van der Waals surface area contributed by atoms with Crippen LogP contribution in [0.1, 0.15) is 28.9 Å². The van der Waals surface area contributed by atoms with Crippen LogP contribution in [0.15, 0.2) is 42.5 Å². The topological polar surface area (TPSA) is 98.5 Å². The largest absolute Gasteiger partial charge is 0.452 e. The van der Waals surface area contributed by atoms with E-state index in [4.69, 9.17) is 27.9 Å². The smallest absolute Gasteiger partial charge is 0.345 e. The van der Waals surface area contributed by atoms with Crippen LogP contribution in [0, 0.1) is 10.1 Å². The summed E-state index contributed by atoms with van der Waals surface area (Å²) in [6.07, 6.45) is 0. The first-order valence-electron chi connectivity index (χ1n) is 7.44. The van der Waals surface area contributed by atoms with Gasteiger partial charge < -0.3 is 10.1 Å². The van der Waals surface area contributed by atoms with Crippen molar-refractivity contribution in [2.45, 2.75) is 13.0 Å². The van der Waals surface area contributed by atoms with E-state index < -0.39 is 35.1 Å². The van der Waals surface area contributed by atoms with E-state index in [9.17, 15) is 19.7 Å². The fourth-order valence-corrected chi connectivity index (χ4v) is 2.69. The minimum Gasteiger partial charge on any atom is -0.452 e. The zero-order chi connectivity index (χ0) is 19.3. The highest BCUT2D eigenvalue weighted by molar-refractivity contribution is 6.31. The van der Waals surface area contributed by atoms with E-state index in [1.54, 1.807) is 31.2 Å². The normalized spacial score (nSPS) is 11.5. The second-order valence-electron chi connectivity index (χ2n) is 5.31. The molecule has 0 aromatic heterocycles. The van der Waals surface area contributed by atoms with Gasteiger partial charge in [0.05, 0.1) is 11.0 Å². The molecular weight excluding hydrogens is 383 g/mol. The number of hydrogen-bond donors (Lipinski definition) is 1. The molecule has 0 radical (unpaired) electrons. The molecule has 1 amide bonds. The van der Waals surface area contributed by atoms with Gasteiger partial charge in [-0.3, -0.25) is 14.9 Å². The number of rotatable bonds is 6. The molecule has 0 aliphatic heterocycles. The second-order valence-corrected chi connectivity index (χ2v) is 6.15. The lowest BCUT2D eigenvalue weighted by molar-refractivity contribution is -0.385. The molecule has 136 valence electrons. The molecule has 0 fully saturated rings. The fraction of sp³-hybridized carbons (Fsp3) is 0.176. The molecular formula is C17H14Cl2N2O5. The Balaban J connectivity index is 1.98. The first kappa shape index (κ1) is 19.7. The van der Waals surface area contributed by atoms with Crippen LogP contribution in [0.2, 0.25) is 10.0 Å². The molecule has 0 saturated carbocycles. The summed E-state index contributed by atoms with van der Waals surface area (Å²) in [6, 6.07) is 10.1. The van der Waals surface area contributed by atoms with Crippen molar-refractivity contribution < 1.29 is 19.2 Å². The molecule has 0 heterocycles. The van der Waals surface area contributed by atoms with E-state index in [2.05, 4.69) is 5.32 Å². The van der Waals surface area contributed by atoms with E-state index in [1.165, 1.54) is 12.1 Å². The molecule has 2 rings (SSSR count). The fourth-order valence-electron chi connectivity index (χ4n) is 2.22. The number of halogens is 2. The van der Waals surface area contributed by atoms with Gasteiger partial charge in [0.1, 0.15) is 5.56 Å². The summed E-state index contributed by atoms with van der Waals surface area (Å²) in [4.78, 5) is 34.2. The lowest BCUT2D eigenvalue weighted by Gasteiger charge is -2.15. The number of benzene rings is 2. The minimum atomic E-state index is -0.992. The maximum Gasteiger partial charge on any atom is 0.345 e. The molecule has 1 atom stereocenters. The standard InChI is InChI=1S/C17H14Cl2N2O5/c1-10(12-4-2-3-5-14(12)19)20-16(22)9-26-17(23)13-7-6-11(18)8-15(13)21(24)25/h2-8,10H,9H2,1H3,(H,20,22)/t10-/m0/s1. The van der Waals surface area contributed by atoms with Gasteiger partial charge in [0.2, 0.25) is 0 Å². The molecule has 1 N–H and O–H groups in total. The molecule has 9 heteroatoms. The molecule has 0 aliphatic rings. The number of nitrogens with one attached hydrogen (secondary N) is 1. The van der Waals surface area contributed by atoms with Crippen molar-refractivity contribution in [3.05, 3.63) is 73.8 Å². The highest BCUT2D eigenvalue weighted by Crippen LogP contribution is 2.24. The van der Waals surface area contributed by atoms with Gasteiger partial charge in [-0.1, -0.05) is 41.4 Å². The SMILES string of the molecule is C[C@H](NC(=O)COC(=O)c1ccc(Cl)cc1[N+](=O)[O-])c1ccccc1Cl. The van der Waals surface area contributed by atoms with Gasteiger partial charge in [0.15, 0.2) is 6.61 Å². The molecule has 0 saturated heterocycles. The van der Waals surface area contributed by atoms with Crippen LogP contribution in [-0.2, 0) is 9.53 Å². The summed E-state index contributed by atoms with van der Waals surface area (Å²) in [5.74, 6) is -1.56. The molecule has 26 heavy (non-hydrogen) atoms. The van der Waals surface area contributed by atoms with Gasteiger partial charge in [-0.05, 0) is 30.7 Å². The van der Waals surface area contributed by atoms with Gasteiger partial charge >= 0.3 is 5.97 Å². The van der Waals surface area contributed by atoms with Crippen molar-refractivity contribution in [1.29, 1.82) is 0 Å². The summed E-state index contributed by atoms with van der Waals surface area (Å²) >= 11 is 11.7. The third-order valence-electron chi connectivity index (χ3n) is 3.46. The first-order chi connectivity index (χ1) is 12.3. The zero-order valence-electron chi connectivity index (χ0n) is 13.6. The van der Waals surface area contributed by atoms with Crippen LogP contribution in [0.25, 0.3) is 0 Å².